The van der Waals surface area contributed by atoms with Crippen LogP contribution in [0.15, 0.2) is 18.2 Å². The molecule has 1 aliphatic rings. The Morgan fingerprint density at radius 2 is 1.84 bits per heavy atom. The zero-order valence-electron chi connectivity index (χ0n) is 14.5. The van der Waals surface area contributed by atoms with Gasteiger partial charge in [-0.05, 0) is 45.9 Å². The Hall–Kier alpha value is -1.99. The molecule has 140 valence electrons. The first kappa shape index (κ1) is 19.3. The first-order chi connectivity index (χ1) is 11.3. The number of ether oxygens (including phenoxy) is 2. The van der Waals surface area contributed by atoms with E-state index in [0.717, 1.165) is 12.1 Å². The van der Waals surface area contributed by atoms with Crippen LogP contribution < -0.4 is 10.1 Å². The highest BCUT2D eigenvalue weighted by atomic mass is 19.4. The van der Waals surface area contributed by atoms with Crippen molar-refractivity contribution >= 4 is 6.09 Å². The predicted molar refractivity (Wildman–Crippen MR) is 82.8 cm³/mol. The number of hydrogen-bond donors (Lipinski definition) is 1. The minimum absolute atomic E-state index is 0.0574. The average molecular weight is 363 g/mol. The van der Waals surface area contributed by atoms with Crippen molar-refractivity contribution < 1.29 is 31.8 Å². The van der Waals surface area contributed by atoms with Gasteiger partial charge in [0, 0.05) is 18.4 Å². The van der Waals surface area contributed by atoms with Gasteiger partial charge in [-0.15, -0.1) is 0 Å². The van der Waals surface area contributed by atoms with Gasteiger partial charge in [-0.2, -0.15) is 13.2 Å². The third kappa shape index (κ3) is 5.24. The van der Waals surface area contributed by atoms with E-state index in [1.807, 2.05) is 0 Å². The number of carbonyl (C=O) groups is 1. The van der Waals surface area contributed by atoms with E-state index in [0.29, 0.717) is 18.9 Å². The number of nitrogens with one attached hydrogen (secondary N) is 1. The summed E-state index contributed by atoms with van der Waals surface area (Å²) in [6.07, 6.45) is -4.90. The highest BCUT2D eigenvalue weighted by Crippen LogP contribution is 2.38. The van der Waals surface area contributed by atoms with Crippen LogP contribution in [0, 0.1) is 5.82 Å². The Bertz CT molecular complexity index is 646. The van der Waals surface area contributed by atoms with E-state index >= 15 is 0 Å². The SMILES string of the molecule is CC1(NC(=O)OC(C)(C)C)CC(Oc2ccc(F)c(C(F)(F)F)c2)C1. The molecule has 0 saturated heterocycles. The lowest BCUT2D eigenvalue weighted by molar-refractivity contribution is -0.140. The number of carbonyl (C=O) groups excluding carboxylic acids is 1. The van der Waals surface area contributed by atoms with Gasteiger partial charge in [0.05, 0.1) is 5.56 Å². The van der Waals surface area contributed by atoms with Crippen LogP contribution in [0.1, 0.15) is 46.1 Å². The maximum atomic E-state index is 13.3. The van der Waals surface area contributed by atoms with E-state index in [-0.39, 0.29) is 11.9 Å². The molecular formula is C17H21F4NO3. The fraction of sp³-hybridized carbons (Fsp3) is 0.588. The summed E-state index contributed by atoms with van der Waals surface area (Å²) in [5.74, 6) is -1.40. The van der Waals surface area contributed by atoms with Crippen LogP contribution >= 0.6 is 0 Å². The molecule has 8 heteroatoms. The smallest absolute Gasteiger partial charge is 0.419 e. The predicted octanol–water partition coefficient (Wildman–Crippen LogP) is 4.67. The summed E-state index contributed by atoms with van der Waals surface area (Å²) < 4.78 is 62.0. The van der Waals surface area contributed by atoms with Gasteiger partial charge in [0.15, 0.2) is 0 Å². The van der Waals surface area contributed by atoms with Crippen molar-refractivity contribution in [3.05, 3.63) is 29.6 Å². The second-order valence-electron chi connectivity index (χ2n) is 7.48. The standard InChI is InChI=1S/C17H21F4NO3/c1-15(2,3)25-14(23)22-16(4)8-11(9-16)24-10-5-6-13(18)12(7-10)17(19,20)21/h5-7,11H,8-9H2,1-4H3,(H,22,23). The van der Waals surface area contributed by atoms with Gasteiger partial charge in [-0.3, -0.25) is 0 Å². The molecule has 0 heterocycles. The normalized spacial score (nSPS) is 23.6. The molecule has 0 aromatic heterocycles. The molecule has 0 spiro atoms. The highest BCUT2D eigenvalue weighted by molar-refractivity contribution is 5.69. The highest BCUT2D eigenvalue weighted by Gasteiger charge is 2.44. The summed E-state index contributed by atoms with van der Waals surface area (Å²) in [6, 6.07) is 2.53. The molecule has 0 radical (unpaired) electrons. The van der Waals surface area contributed by atoms with Crippen molar-refractivity contribution in [2.75, 3.05) is 0 Å². The Labute approximate surface area is 143 Å². The monoisotopic (exact) mass is 363 g/mol. The second-order valence-corrected chi connectivity index (χ2v) is 7.48. The summed E-state index contributed by atoms with van der Waals surface area (Å²) in [5, 5.41) is 2.73. The topological polar surface area (TPSA) is 47.6 Å². The Balaban J connectivity index is 1.92. The van der Waals surface area contributed by atoms with Crippen LogP contribution in [0.3, 0.4) is 0 Å². The van der Waals surface area contributed by atoms with Gasteiger partial charge in [-0.1, -0.05) is 0 Å². The van der Waals surface area contributed by atoms with E-state index in [4.69, 9.17) is 9.47 Å². The van der Waals surface area contributed by atoms with E-state index < -0.39 is 34.8 Å². The third-order valence-electron chi connectivity index (χ3n) is 3.71. The molecule has 1 fully saturated rings. The lowest BCUT2D eigenvalue weighted by atomic mass is 9.76. The second kappa shape index (κ2) is 6.38. The van der Waals surface area contributed by atoms with E-state index in [2.05, 4.69) is 5.32 Å². The third-order valence-corrected chi connectivity index (χ3v) is 3.71. The fourth-order valence-corrected chi connectivity index (χ4v) is 2.67. The molecule has 1 amide bonds. The quantitative estimate of drug-likeness (QED) is 0.794. The maximum Gasteiger partial charge on any atom is 0.419 e. The number of rotatable bonds is 3. The zero-order valence-corrected chi connectivity index (χ0v) is 14.5. The largest absolute Gasteiger partial charge is 0.490 e. The van der Waals surface area contributed by atoms with Crippen molar-refractivity contribution in [1.29, 1.82) is 0 Å². The van der Waals surface area contributed by atoms with Crippen molar-refractivity contribution in [2.24, 2.45) is 0 Å². The van der Waals surface area contributed by atoms with E-state index in [9.17, 15) is 22.4 Å². The van der Waals surface area contributed by atoms with Crippen LogP contribution in [0.2, 0.25) is 0 Å². The molecule has 4 nitrogen and oxygen atoms in total. The lowest BCUT2D eigenvalue weighted by Gasteiger charge is -2.45. The molecule has 1 aromatic carbocycles. The molecule has 25 heavy (non-hydrogen) atoms. The fourth-order valence-electron chi connectivity index (χ4n) is 2.67. The molecule has 0 bridgehead atoms. The van der Waals surface area contributed by atoms with Gasteiger partial charge in [0.25, 0.3) is 0 Å². The van der Waals surface area contributed by atoms with Crippen LogP contribution in [0.5, 0.6) is 5.75 Å². The summed E-state index contributed by atoms with van der Waals surface area (Å²) in [6.45, 7) is 7.03. The van der Waals surface area contributed by atoms with Gasteiger partial charge < -0.3 is 14.8 Å². The van der Waals surface area contributed by atoms with Crippen molar-refractivity contribution in [1.82, 2.24) is 5.32 Å². The molecule has 1 N–H and O–H groups in total. The summed E-state index contributed by atoms with van der Waals surface area (Å²) in [4.78, 5) is 11.8. The maximum absolute atomic E-state index is 13.3. The number of hydrogen-bond acceptors (Lipinski definition) is 3. The Morgan fingerprint density at radius 1 is 1.24 bits per heavy atom. The number of amides is 1. The lowest BCUT2D eigenvalue weighted by Crippen LogP contribution is -2.59. The summed E-state index contributed by atoms with van der Waals surface area (Å²) >= 11 is 0. The summed E-state index contributed by atoms with van der Waals surface area (Å²) in [5.41, 5.74) is -2.54. The van der Waals surface area contributed by atoms with Gasteiger partial charge in [0.1, 0.15) is 23.3 Å². The molecule has 0 aliphatic heterocycles. The van der Waals surface area contributed by atoms with Crippen molar-refractivity contribution in [3.8, 4) is 5.75 Å². The molecule has 1 aromatic rings. The van der Waals surface area contributed by atoms with Crippen molar-refractivity contribution in [2.45, 2.75) is 64.0 Å². The molecule has 1 aliphatic carbocycles. The van der Waals surface area contributed by atoms with Gasteiger partial charge in [-0.25, -0.2) is 9.18 Å². The number of halogens is 4. The average Bonchev–Trinajstić information content (AvgIpc) is 2.35. The van der Waals surface area contributed by atoms with Crippen LogP contribution in [0.4, 0.5) is 22.4 Å². The molecule has 1 saturated carbocycles. The number of benzene rings is 1. The molecule has 0 atom stereocenters. The van der Waals surface area contributed by atoms with Crippen LogP contribution in [-0.4, -0.2) is 23.3 Å². The Morgan fingerprint density at radius 3 is 2.36 bits per heavy atom. The first-order valence-corrected chi connectivity index (χ1v) is 7.82. The Kier molecular flexibility index (Phi) is 4.94. The molecule has 2 rings (SSSR count). The van der Waals surface area contributed by atoms with E-state index in [1.165, 1.54) is 0 Å². The van der Waals surface area contributed by atoms with Crippen LogP contribution in [0.25, 0.3) is 0 Å². The molecule has 0 unspecified atom stereocenters. The minimum Gasteiger partial charge on any atom is -0.490 e. The molecular weight excluding hydrogens is 342 g/mol. The zero-order chi connectivity index (χ0) is 19.0. The minimum atomic E-state index is -4.78. The first-order valence-electron chi connectivity index (χ1n) is 7.82. The number of alkyl halides is 3. The van der Waals surface area contributed by atoms with Gasteiger partial charge >= 0.3 is 12.3 Å². The van der Waals surface area contributed by atoms with Crippen LogP contribution in [-0.2, 0) is 10.9 Å². The number of alkyl carbamates (subject to hydrolysis) is 1. The van der Waals surface area contributed by atoms with Crippen molar-refractivity contribution in [3.63, 3.8) is 0 Å². The summed E-state index contributed by atoms with van der Waals surface area (Å²) in [7, 11) is 0. The van der Waals surface area contributed by atoms with Gasteiger partial charge in [0.2, 0.25) is 0 Å². The van der Waals surface area contributed by atoms with E-state index in [1.54, 1.807) is 27.7 Å².